The highest BCUT2D eigenvalue weighted by Gasteiger charge is 2.50. The van der Waals surface area contributed by atoms with Gasteiger partial charge in [-0.05, 0) is 73.2 Å². The Morgan fingerprint density at radius 3 is 2.50 bits per heavy atom. The molecule has 2 aliphatic carbocycles. The minimum Gasteiger partial charge on any atom is -0.299 e. The second-order valence-corrected chi connectivity index (χ2v) is 8.32. The first kappa shape index (κ1) is 17.5. The summed E-state index contributed by atoms with van der Waals surface area (Å²) in [7, 11) is 0. The summed E-state index contributed by atoms with van der Waals surface area (Å²) in [6.07, 6.45) is 14.1. The predicted octanol–water partition coefficient (Wildman–Crippen LogP) is 5.81. The lowest BCUT2D eigenvalue weighted by atomic mass is 9.61. The normalized spacial score (nSPS) is 36.7. The van der Waals surface area contributed by atoms with Crippen LogP contribution in [0.4, 0.5) is 0 Å². The average Bonchev–Trinajstić information content (AvgIpc) is 2.82. The van der Waals surface area contributed by atoms with E-state index in [0.29, 0.717) is 29.1 Å². The number of carbonyl (C=O) groups is 1. The largest absolute Gasteiger partial charge is 0.299 e. The molecule has 22 heavy (non-hydrogen) atoms. The maximum absolute atomic E-state index is 10.9. The van der Waals surface area contributed by atoms with Crippen molar-refractivity contribution in [2.45, 2.75) is 66.7 Å². The highest BCUT2D eigenvalue weighted by Crippen LogP contribution is 2.59. The monoisotopic (exact) mass is 302 g/mol. The standard InChI is InChI=1S/C21H34O/c1-15(2)16(3)8-9-17(4)19-10-11-20-18(12-14-22)7-6-13-21(19,20)5/h8-9,12,14-17,19-20H,6-7,10-11,13H2,1-5H3/b9-8+,18-12+/t16-,17+,19+,20+,21+/m0/s1. The molecule has 0 amide bonds. The fraction of sp³-hybridized carbons (Fsp3) is 0.762. The summed E-state index contributed by atoms with van der Waals surface area (Å²) in [5, 5.41) is 0. The molecule has 2 aliphatic rings. The van der Waals surface area contributed by atoms with Crippen molar-refractivity contribution in [2.24, 2.45) is 35.0 Å². The number of hydrogen-bond acceptors (Lipinski definition) is 1. The molecule has 2 rings (SSSR count). The van der Waals surface area contributed by atoms with Crippen molar-refractivity contribution in [3.8, 4) is 0 Å². The van der Waals surface area contributed by atoms with Gasteiger partial charge in [-0.3, -0.25) is 4.79 Å². The molecule has 0 unspecified atom stereocenters. The maximum Gasteiger partial charge on any atom is 0.142 e. The summed E-state index contributed by atoms with van der Waals surface area (Å²) in [6.45, 7) is 11.8. The van der Waals surface area contributed by atoms with Crippen molar-refractivity contribution < 1.29 is 4.79 Å². The molecule has 1 heteroatoms. The Morgan fingerprint density at radius 2 is 1.86 bits per heavy atom. The second kappa shape index (κ2) is 7.15. The molecule has 0 aromatic carbocycles. The first-order chi connectivity index (χ1) is 10.4. The lowest BCUT2D eigenvalue weighted by molar-refractivity contribution is -0.104. The van der Waals surface area contributed by atoms with Crippen LogP contribution in [0.3, 0.4) is 0 Å². The number of carbonyl (C=O) groups excluding carboxylic acids is 1. The molecule has 0 spiro atoms. The van der Waals surface area contributed by atoms with Crippen LogP contribution in [-0.2, 0) is 4.79 Å². The second-order valence-electron chi connectivity index (χ2n) is 8.32. The Labute approximate surface area is 137 Å². The Bertz CT molecular complexity index is 445. The molecule has 0 radical (unpaired) electrons. The van der Waals surface area contributed by atoms with Crippen molar-refractivity contribution in [3.63, 3.8) is 0 Å². The molecular formula is C21H34O. The predicted molar refractivity (Wildman–Crippen MR) is 94.6 cm³/mol. The number of fused-ring (bicyclic) bond motifs is 1. The van der Waals surface area contributed by atoms with Crippen LogP contribution in [0.2, 0.25) is 0 Å². The highest BCUT2D eigenvalue weighted by molar-refractivity contribution is 5.66. The van der Waals surface area contributed by atoms with E-state index in [1.165, 1.54) is 31.3 Å². The van der Waals surface area contributed by atoms with E-state index in [1.807, 2.05) is 6.08 Å². The molecule has 2 saturated carbocycles. The zero-order valence-corrected chi connectivity index (χ0v) is 15.1. The zero-order chi connectivity index (χ0) is 16.3. The molecule has 5 atom stereocenters. The molecule has 1 nitrogen and oxygen atoms in total. The summed E-state index contributed by atoms with van der Waals surface area (Å²) in [5.41, 5.74) is 1.83. The highest BCUT2D eigenvalue weighted by atomic mass is 16.1. The van der Waals surface area contributed by atoms with Gasteiger partial charge >= 0.3 is 0 Å². The van der Waals surface area contributed by atoms with E-state index in [2.05, 4.69) is 46.8 Å². The number of aldehydes is 1. The van der Waals surface area contributed by atoms with Crippen molar-refractivity contribution in [1.29, 1.82) is 0 Å². The van der Waals surface area contributed by atoms with Gasteiger partial charge in [-0.2, -0.15) is 0 Å². The molecule has 0 N–H and O–H groups in total. The van der Waals surface area contributed by atoms with E-state index >= 15 is 0 Å². The molecule has 0 bridgehead atoms. The Kier molecular flexibility index (Phi) is 5.69. The first-order valence-electron chi connectivity index (χ1n) is 9.22. The van der Waals surface area contributed by atoms with Crippen LogP contribution in [-0.4, -0.2) is 6.29 Å². The third-order valence-electron chi connectivity index (χ3n) is 6.72. The lowest BCUT2D eigenvalue weighted by Gasteiger charge is -2.44. The third-order valence-corrected chi connectivity index (χ3v) is 6.72. The van der Waals surface area contributed by atoms with Crippen molar-refractivity contribution in [1.82, 2.24) is 0 Å². The van der Waals surface area contributed by atoms with E-state index in [9.17, 15) is 4.79 Å². The van der Waals surface area contributed by atoms with Gasteiger partial charge in [0.05, 0.1) is 0 Å². The van der Waals surface area contributed by atoms with E-state index in [1.54, 1.807) is 0 Å². The zero-order valence-electron chi connectivity index (χ0n) is 15.1. The number of hydrogen-bond donors (Lipinski definition) is 0. The first-order valence-corrected chi connectivity index (χ1v) is 9.22. The van der Waals surface area contributed by atoms with Gasteiger partial charge in [0.1, 0.15) is 6.29 Å². The minimum atomic E-state index is 0.401. The summed E-state index contributed by atoms with van der Waals surface area (Å²) in [5.74, 6) is 3.43. The number of rotatable bonds is 5. The van der Waals surface area contributed by atoms with Gasteiger partial charge in [-0.1, -0.05) is 52.3 Å². The molecule has 0 aliphatic heterocycles. The van der Waals surface area contributed by atoms with Gasteiger partial charge in [0, 0.05) is 0 Å². The summed E-state index contributed by atoms with van der Waals surface area (Å²) in [4.78, 5) is 10.9. The maximum atomic E-state index is 10.9. The van der Waals surface area contributed by atoms with Gasteiger partial charge in [0.25, 0.3) is 0 Å². The van der Waals surface area contributed by atoms with Gasteiger partial charge in [0.2, 0.25) is 0 Å². The molecule has 0 saturated heterocycles. The van der Waals surface area contributed by atoms with E-state index in [0.717, 1.165) is 18.6 Å². The Morgan fingerprint density at radius 1 is 1.14 bits per heavy atom. The van der Waals surface area contributed by atoms with Crippen LogP contribution in [0.25, 0.3) is 0 Å². The quantitative estimate of drug-likeness (QED) is 0.355. The summed E-state index contributed by atoms with van der Waals surface area (Å²) in [6, 6.07) is 0. The average molecular weight is 303 g/mol. The van der Waals surface area contributed by atoms with Gasteiger partial charge in [-0.25, -0.2) is 0 Å². The summed E-state index contributed by atoms with van der Waals surface area (Å²) >= 11 is 0. The molecule has 0 heterocycles. The van der Waals surface area contributed by atoms with Crippen LogP contribution in [0, 0.1) is 35.0 Å². The molecule has 2 fully saturated rings. The molecular weight excluding hydrogens is 268 g/mol. The fourth-order valence-corrected chi connectivity index (χ4v) is 4.94. The molecule has 0 aromatic heterocycles. The van der Waals surface area contributed by atoms with Gasteiger partial charge in [-0.15, -0.1) is 0 Å². The summed E-state index contributed by atoms with van der Waals surface area (Å²) < 4.78 is 0. The van der Waals surface area contributed by atoms with Gasteiger partial charge < -0.3 is 0 Å². The van der Waals surface area contributed by atoms with Crippen molar-refractivity contribution in [2.75, 3.05) is 0 Å². The van der Waals surface area contributed by atoms with Crippen molar-refractivity contribution >= 4 is 6.29 Å². The Hall–Kier alpha value is -0.850. The molecule has 124 valence electrons. The fourth-order valence-electron chi connectivity index (χ4n) is 4.94. The van der Waals surface area contributed by atoms with Crippen molar-refractivity contribution in [3.05, 3.63) is 23.8 Å². The topological polar surface area (TPSA) is 17.1 Å². The third kappa shape index (κ3) is 3.39. The van der Waals surface area contributed by atoms with Gasteiger partial charge in [0.15, 0.2) is 0 Å². The van der Waals surface area contributed by atoms with Crippen LogP contribution in [0.15, 0.2) is 23.8 Å². The van der Waals surface area contributed by atoms with Crippen LogP contribution >= 0.6 is 0 Å². The smallest absolute Gasteiger partial charge is 0.142 e. The van der Waals surface area contributed by atoms with E-state index in [-0.39, 0.29) is 0 Å². The van der Waals surface area contributed by atoms with Crippen LogP contribution in [0.1, 0.15) is 66.7 Å². The minimum absolute atomic E-state index is 0.401. The van der Waals surface area contributed by atoms with E-state index in [4.69, 9.17) is 0 Å². The molecule has 0 aromatic rings. The van der Waals surface area contributed by atoms with Crippen LogP contribution in [0.5, 0.6) is 0 Å². The van der Waals surface area contributed by atoms with Crippen LogP contribution < -0.4 is 0 Å². The number of allylic oxidation sites excluding steroid dienone is 4. The van der Waals surface area contributed by atoms with E-state index < -0.39 is 0 Å². The lowest BCUT2D eigenvalue weighted by Crippen LogP contribution is -2.35. The SMILES string of the molecule is CC(C)[C@@H](C)/C=C/[C@@H](C)[C@H]1CC[C@@H]2/C(=C/C=O)CCC[C@@]21C. The Balaban J connectivity index is 2.13.